The highest BCUT2D eigenvalue weighted by molar-refractivity contribution is 7.98. The number of nitro benzene ring substituents is 1. The van der Waals surface area contributed by atoms with E-state index < -0.39 is 4.92 Å². The molecule has 0 aliphatic heterocycles. The van der Waals surface area contributed by atoms with Crippen LogP contribution in [0.1, 0.15) is 17.3 Å². The fraction of sp³-hybridized carbons (Fsp3) is 0.357. The van der Waals surface area contributed by atoms with Crippen LogP contribution in [0.15, 0.2) is 35.2 Å². The molecule has 0 saturated heterocycles. The molecule has 0 fully saturated rings. The minimum Gasteiger partial charge on any atom is -0.375 e. The Morgan fingerprint density at radius 2 is 2.24 bits per heavy atom. The molecule has 0 aliphatic rings. The van der Waals surface area contributed by atoms with Gasteiger partial charge in [-0.25, -0.2) is 0 Å². The van der Waals surface area contributed by atoms with Gasteiger partial charge in [-0.3, -0.25) is 14.9 Å². The zero-order chi connectivity index (χ0) is 15.8. The molecule has 1 aromatic rings. The van der Waals surface area contributed by atoms with Gasteiger partial charge in [0, 0.05) is 18.2 Å². The largest absolute Gasteiger partial charge is 0.375 e. The van der Waals surface area contributed by atoms with E-state index >= 15 is 0 Å². The Balaban J connectivity index is 2.60. The molecule has 0 bridgehead atoms. The van der Waals surface area contributed by atoms with Crippen molar-refractivity contribution in [1.82, 2.24) is 5.32 Å². The first kappa shape index (κ1) is 17.2. The van der Waals surface area contributed by atoms with Crippen LogP contribution in [0.3, 0.4) is 0 Å². The van der Waals surface area contributed by atoms with Crippen LogP contribution >= 0.6 is 11.8 Å². The summed E-state index contributed by atoms with van der Waals surface area (Å²) in [6.07, 6.45) is 1.75. The van der Waals surface area contributed by atoms with Crippen molar-refractivity contribution in [1.29, 1.82) is 0 Å². The van der Waals surface area contributed by atoms with E-state index in [1.54, 1.807) is 18.4 Å². The first-order valence-electron chi connectivity index (χ1n) is 6.28. The average molecular weight is 310 g/mol. The van der Waals surface area contributed by atoms with Crippen LogP contribution in [0.25, 0.3) is 0 Å². The van der Waals surface area contributed by atoms with E-state index in [2.05, 4.69) is 11.9 Å². The number of carbonyl (C=O) groups excluding carboxylic acids is 1. The van der Waals surface area contributed by atoms with E-state index in [0.29, 0.717) is 24.7 Å². The predicted molar refractivity (Wildman–Crippen MR) is 82.8 cm³/mol. The van der Waals surface area contributed by atoms with Gasteiger partial charge in [0.2, 0.25) is 0 Å². The summed E-state index contributed by atoms with van der Waals surface area (Å²) in [6, 6.07) is 4.44. The maximum absolute atomic E-state index is 11.9. The Labute approximate surface area is 127 Å². The van der Waals surface area contributed by atoms with Gasteiger partial charge >= 0.3 is 0 Å². The Morgan fingerprint density at radius 1 is 1.52 bits per heavy atom. The predicted octanol–water partition coefficient (Wildman–Crippen LogP) is 2.64. The molecule has 0 aromatic heterocycles. The van der Waals surface area contributed by atoms with E-state index in [0.717, 1.165) is 5.57 Å². The monoisotopic (exact) mass is 310 g/mol. The van der Waals surface area contributed by atoms with Crippen molar-refractivity contribution in [3.05, 3.63) is 46.0 Å². The Morgan fingerprint density at radius 3 is 2.81 bits per heavy atom. The summed E-state index contributed by atoms with van der Waals surface area (Å²) >= 11 is 1.27. The molecule has 7 heteroatoms. The van der Waals surface area contributed by atoms with Crippen molar-refractivity contribution in [2.45, 2.75) is 11.8 Å². The highest BCUT2D eigenvalue weighted by Gasteiger charge is 2.16. The van der Waals surface area contributed by atoms with Crippen molar-refractivity contribution < 1.29 is 14.5 Å². The zero-order valence-corrected chi connectivity index (χ0v) is 12.9. The number of carbonyl (C=O) groups is 1. The molecule has 0 aliphatic carbocycles. The van der Waals surface area contributed by atoms with Gasteiger partial charge in [-0.1, -0.05) is 12.2 Å². The van der Waals surface area contributed by atoms with Crippen LogP contribution in [-0.2, 0) is 4.74 Å². The van der Waals surface area contributed by atoms with Crippen LogP contribution in [0.5, 0.6) is 0 Å². The number of nitro groups is 1. The summed E-state index contributed by atoms with van der Waals surface area (Å²) in [4.78, 5) is 22.9. The molecule has 1 aromatic carbocycles. The number of nitrogens with one attached hydrogen (secondary N) is 1. The van der Waals surface area contributed by atoms with Crippen LogP contribution in [0.2, 0.25) is 0 Å². The first-order chi connectivity index (χ1) is 9.95. The van der Waals surface area contributed by atoms with Gasteiger partial charge in [-0.2, -0.15) is 0 Å². The molecule has 0 heterocycles. The van der Waals surface area contributed by atoms with Crippen LogP contribution in [0.4, 0.5) is 5.69 Å². The summed E-state index contributed by atoms with van der Waals surface area (Å²) in [5.41, 5.74) is 1.11. The molecule has 1 amide bonds. The molecule has 0 radical (unpaired) electrons. The molecular formula is C14H18N2O4S. The number of nitrogens with zero attached hydrogens (tertiary/aromatic N) is 1. The lowest BCUT2D eigenvalue weighted by molar-refractivity contribution is -0.387. The van der Waals surface area contributed by atoms with Gasteiger partial charge in [0.1, 0.15) is 0 Å². The van der Waals surface area contributed by atoms with Gasteiger partial charge in [0.25, 0.3) is 11.6 Å². The second kappa shape index (κ2) is 8.43. The molecule has 0 spiro atoms. The lowest BCUT2D eigenvalue weighted by Crippen LogP contribution is -2.27. The summed E-state index contributed by atoms with van der Waals surface area (Å²) < 4.78 is 5.25. The molecule has 1 rings (SSSR count). The topological polar surface area (TPSA) is 81.5 Å². The fourth-order valence-electron chi connectivity index (χ4n) is 1.56. The summed E-state index contributed by atoms with van der Waals surface area (Å²) in [5, 5.41) is 13.6. The third-order valence-electron chi connectivity index (χ3n) is 2.52. The van der Waals surface area contributed by atoms with E-state index in [1.165, 1.54) is 17.8 Å². The van der Waals surface area contributed by atoms with Crippen LogP contribution in [-0.4, -0.2) is 36.8 Å². The van der Waals surface area contributed by atoms with Gasteiger partial charge in [0.05, 0.1) is 23.0 Å². The normalized spacial score (nSPS) is 10.2. The van der Waals surface area contributed by atoms with E-state index in [1.807, 2.05) is 6.92 Å². The maximum atomic E-state index is 11.9. The van der Waals surface area contributed by atoms with Gasteiger partial charge < -0.3 is 10.1 Å². The quantitative estimate of drug-likeness (QED) is 0.262. The third kappa shape index (κ3) is 5.57. The van der Waals surface area contributed by atoms with Crippen LogP contribution < -0.4 is 5.32 Å². The summed E-state index contributed by atoms with van der Waals surface area (Å²) in [7, 11) is 0. The Hall–Kier alpha value is -1.86. The van der Waals surface area contributed by atoms with E-state index in [-0.39, 0.29) is 17.2 Å². The number of amides is 1. The number of hydrogen-bond acceptors (Lipinski definition) is 5. The summed E-state index contributed by atoms with van der Waals surface area (Å²) in [5.74, 6) is -0.357. The highest BCUT2D eigenvalue weighted by Crippen LogP contribution is 2.28. The van der Waals surface area contributed by atoms with Gasteiger partial charge in [-0.15, -0.1) is 11.8 Å². The van der Waals surface area contributed by atoms with Crippen LogP contribution in [0, 0.1) is 10.1 Å². The van der Waals surface area contributed by atoms with E-state index in [9.17, 15) is 14.9 Å². The van der Waals surface area contributed by atoms with Gasteiger partial charge in [-0.05, 0) is 25.3 Å². The van der Waals surface area contributed by atoms with Crippen molar-refractivity contribution in [2.75, 3.05) is 26.0 Å². The second-order valence-electron chi connectivity index (χ2n) is 4.41. The minimum atomic E-state index is -0.488. The smallest absolute Gasteiger partial charge is 0.283 e. The zero-order valence-electron chi connectivity index (χ0n) is 12.0. The number of thioether (sulfide) groups is 1. The molecule has 6 nitrogen and oxygen atoms in total. The SMILES string of the molecule is C=C(C)COCCNC(=O)c1ccc(SC)c([N+](=O)[O-])c1. The number of benzene rings is 1. The molecule has 0 atom stereocenters. The standard InChI is InChI=1S/C14H18N2O4S/c1-10(2)9-20-7-6-15-14(17)11-4-5-13(21-3)12(8-11)16(18)19/h4-5,8H,1,6-7,9H2,2-3H3,(H,15,17). The van der Waals surface area contributed by atoms with Crippen molar-refractivity contribution in [2.24, 2.45) is 0 Å². The maximum Gasteiger partial charge on any atom is 0.283 e. The fourth-order valence-corrected chi connectivity index (χ4v) is 2.11. The molecule has 114 valence electrons. The molecular weight excluding hydrogens is 292 g/mol. The average Bonchev–Trinajstić information content (AvgIpc) is 2.45. The summed E-state index contributed by atoms with van der Waals surface area (Å²) in [6.45, 7) is 6.70. The molecule has 0 saturated carbocycles. The number of hydrogen-bond donors (Lipinski definition) is 1. The molecule has 21 heavy (non-hydrogen) atoms. The molecule has 0 unspecified atom stereocenters. The lowest BCUT2D eigenvalue weighted by atomic mass is 10.2. The Bertz CT molecular complexity index is 546. The van der Waals surface area contributed by atoms with Crippen molar-refractivity contribution >= 4 is 23.4 Å². The minimum absolute atomic E-state index is 0.0614. The number of ether oxygens (including phenoxy) is 1. The van der Waals surface area contributed by atoms with E-state index in [4.69, 9.17) is 4.74 Å². The molecule has 1 N–H and O–H groups in total. The van der Waals surface area contributed by atoms with Gasteiger partial charge in [0.15, 0.2) is 0 Å². The third-order valence-corrected chi connectivity index (χ3v) is 3.30. The number of rotatable bonds is 8. The second-order valence-corrected chi connectivity index (χ2v) is 5.26. The Kier molecular flexibility index (Phi) is 6.90. The highest BCUT2D eigenvalue weighted by atomic mass is 32.2. The first-order valence-corrected chi connectivity index (χ1v) is 7.51. The van der Waals surface area contributed by atoms with Crippen molar-refractivity contribution in [3.63, 3.8) is 0 Å². The lowest BCUT2D eigenvalue weighted by Gasteiger charge is -2.07. The van der Waals surface area contributed by atoms with Crippen molar-refractivity contribution in [3.8, 4) is 0 Å².